The van der Waals surface area contributed by atoms with Crippen molar-refractivity contribution in [2.75, 3.05) is 32.7 Å². The Balaban J connectivity index is 1.21. The van der Waals surface area contributed by atoms with Crippen LogP contribution >= 0.6 is 0 Å². The van der Waals surface area contributed by atoms with E-state index in [-0.39, 0.29) is 5.91 Å². The van der Waals surface area contributed by atoms with Crippen LogP contribution < -0.4 is 0 Å². The van der Waals surface area contributed by atoms with E-state index < -0.39 is 5.60 Å². The molecule has 2 aliphatic rings. The van der Waals surface area contributed by atoms with E-state index in [1.54, 1.807) is 12.5 Å². The molecule has 1 aromatic carbocycles. The van der Waals surface area contributed by atoms with Gasteiger partial charge in [0, 0.05) is 32.4 Å². The van der Waals surface area contributed by atoms with Crippen LogP contribution in [0, 0.1) is 0 Å². The molecule has 0 spiro atoms. The molecule has 0 saturated carbocycles. The smallest absolute Gasteiger partial charge is 0.255 e. The number of hydrogen-bond donors (Lipinski definition) is 1. The molecule has 168 valence electrons. The number of benzene rings is 1. The van der Waals surface area contributed by atoms with Gasteiger partial charge in [0.25, 0.3) is 5.91 Å². The van der Waals surface area contributed by atoms with Gasteiger partial charge in [-0.05, 0) is 56.8 Å². The van der Waals surface area contributed by atoms with E-state index in [0.717, 1.165) is 43.8 Å². The topological polar surface area (TPSA) is 74.5 Å². The molecule has 4 heterocycles. The van der Waals surface area contributed by atoms with Crippen molar-refractivity contribution in [2.45, 2.75) is 44.2 Å². The van der Waals surface area contributed by atoms with Crippen LogP contribution in [0.2, 0.25) is 0 Å². The van der Waals surface area contributed by atoms with Gasteiger partial charge in [-0.25, -0.2) is 9.97 Å². The predicted octanol–water partition coefficient (Wildman–Crippen LogP) is 2.74. The second-order valence-electron chi connectivity index (χ2n) is 9.24. The van der Waals surface area contributed by atoms with E-state index in [4.69, 9.17) is 0 Å². The third-order valence-corrected chi connectivity index (χ3v) is 6.88. The summed E-state index contributed by atoms with van der Waals surface area (Å²) in [6.07, 6.45) is 8.06. The summed E-state index contributed by atoms with van der Waals surface area (Å²) < 4.78 is 2.04. The molecule has 0 atom stereocenters. The molecule has 0 aliphatic carbocycles. The number of imidazole rings is 1. The van der Waals surface area contributed by atoms with E-state index in [2.05, 4.69) is 27.0 Å². The molecule has 32 heavy (non-hydrogen) atoms. The zero-order valence-electron chi connectivity index (χ0n) is 18.5. The van der Waals surface area contributed by atoms with Gasteiger partial charge < -0.3 is 19.5 Å². The van der Waals surface area contributed by atoms with Crippen molar-refractivity contribution < 1.29 is 9.90 Å². The number of amides is 1. The molecular formula is C25H31N5O2. The van der Waals surface area contributed by atoms with Crippen LogP contribution in [0.25, 0.3) is 11.2 Å². The summed E-state index contributed by atoms with van der Waals surface area (Å²) in [5, 5.41) is 11.0. The number of fused-ring (bicyclic) bond motifs is 1. The highest BCUT2D eigenvalue weighted by atomic mass is 16.3. The minimum Gasteiger partial charge on any atom is -0.388 e. The molecule has 5 rings (SSSR count). The number of aromatic nitrogens is 3. The SMILES string of the molecule is O=C(c1cnc2c(c1)ncn2CCc1ccccc1)N1CCC(O)(CN2CCCC2)CC1. The average molecular weight is 434 g/mol. The largest absolute Gasteiger partial charge is 0.388 e. The number of aliphatic hydroxyl groups is 1. The number of nitrogens with zero attached hydrogens (tertiary/aromatic N) is 5. The van der Waals surface area contributed by atoms with E-state index >= 15 is 0 Å². The summed E-state index contributed by atoms with van der Waals surface area (Å²) in [4.78, 5) is 26.3. The van der Waals surface area contributed by atoms with Gasteiger partial charge >= 0.3 is 0 Å². The Bertz CT molecular complexity index is 1070. The summed E-state index contributed by atoms with van der Waals surface area (Å²) in [6, 6.07) is 12.2. The van der Waals surface area contributed by atoms with Gasteiger partial charge in [0.05, 0.1) is 17.5 Å². The van der Waals surface area contributed by atoms with Crippen molar-refractivity contribution in [1.82, 2.24) is 24.3 Å². The molecule has 1 N–H and O–H groups in total. The molecule has 0 unspecified atom stereocenters. The fraction of sp³-hybridized carbons (Fsp3) is 0.480. The van der Waals surface area contributed by atoms with Gasteiger partial charge in [-0.3, -0.25) is 4.79 Å². The first kappa shape index (κ1) is 21.1. The lowest BCUT2D eigenvalue weighted by Gasteiger charge is -2.40. The molecule has 2 saturated heterocycles. The molecule has 0 radical (unpaired) electrons. The van der Waals surface area contributed by atoms with Gasteiger partial charge in [-0.15, -0.1) is 0 Å². The maximum atomic E-state index is 13.1. The summed E-state index contributed by atoms with van der Waals surface area (Å²) in [5.41, 5.74) is 2.70. The maximum Gasteiger partial charge on any atom is 0.255 e. The Kier molecular flexibility index (Phi) is 5.93. The van der Waals surface area contributed by atoms with Gasteiger partial charge in [-0.2, -0.15) is 0 Å². The Morgan fingerprint density at radius 1 is 1.03 bits per heavy atom. The molecule has 1 amide bonds. The Morgan fingerprint density at radius 3 is 2.53 bits per heavy atom. The highest BCUT2D eigenvalue weighted by Crippen LogP contribution is 2.26. The zero-order valence-corrected chi connectivity index (χ0v) is 18.5. The highest BCUT2D eigenvalue weighted by molar-refractivity contribution is 5.96. The number of piperidine rings is 1. The average Bonchev–Trinajstić information content (AvgIpc) is 3.47. The third kappa shape index (κ3) is 4.54. The van der Waals surface area contributed by atoms with Crippen molar-refractivity contribution in [3.63, 3.8) is 0 Å². The number of likely N-dealkylation sites (tertiary alicyclic amines) is 2. The van der Waals surface area contributed by atoms with Gasteiger partial charge in [0.2, 0.25) is 0 Å². The molecule has 7 heteroatoms. The zero-order chi connectivity index (χ0) is 22.0. The van der Waals surface area contributed by atoms with Crippen LogP contribution in [-0.2, 0) is 13.0 Å². The third-order valence-electron chi connectivity index (χ3n) is 6.88. The highest BCUT2D eigenvalue weighted by Gasteiger charge is 2.36. The van der Waals surface area contributed by atoms with Crippen LogP contribution in [0.1, 0.15) is 41.6 Å². The first-order chi connectivity index (χ1) is 15.6. The molecule has 3 aromatic rings. The lowest BCUT2D eigenvalue weighted by atomic mass is 9.90. The monoisotopic (exact) mass is 433 g/mol. The van der Waals surface area contributed by atoms with E-state index in [0.29, 0.717) is 31.5 Å². The number of β-amino-alcohol motifs (C(OH)–C–C–N with tert-alkyl or cyclic N) is 1. The molecule has 7 nitrogen and oxygen atoms in total. The predicted molar refractivity (Wildman–Crippen MR) is 123 cm³/mol. The van der Waals surface area contributed by atoms with Crippen molar-refractivity contribution in [2.24, 2.45) is 0 Å². The number of pyridine rings is 1. The van der Waals surface area contributed by atoms with Gasteiger partial charge in [0.1, 0.15) is 5.52 Å². The fourth-order valence-corrected chi connectivity index (χ4v) is 4.95. The van der Waals surface area contributed by atoms with Gasteiger partial charge in [0.15, 0.2) is 5.65 Å². The minimum atomic E-state index is -0.680. The van der Waals surface area contributed by atoms with E-state index in [1.807, 2.05) is 33.7 Å². The van der Waals surface area contributed by atoms with Crippen molar-refractivity contribution in [3.05, 3.63) is 60.0 Å². The summed E-state index contributed by atoms with van der Waals surface area (Å²) in [7, 11) is 0. The first-order valence-corrected chi connectivity index (χ1v) is 11.7. The normalized spacial score (nSPS) is 19.0. The molecular weight excluding hydrogens is 402 g/mol. The number of hydrogen-bond acceptors (Lipinski definition) is 5. The minimum absolute atomic E-state index is 0.0264. The summed E-state index contributed by atoms with van der Waals surface area (Å²) in [6.45, 7) is 4.83. The summed E-state index contributed by atoms with van der Waals surface area (Å²) in [5.74, 6) is -0.0264. The van der Waals surface area contributed by atoms with Crippen LogP contribution in [0.3, 0.4) is 0 Å². The first-order valence-electron chi connectivity index (χ1n) is 11.7. The fourth-order valence-electron chi connectivity index (χ4n) is 4.95. The lowest BCUT2D eigenvalue weighted by molar-refractivity contribution is -0.0367. The maximum absolute atomic E-state index is 13.1. The van der Waals surface area contributed by atoms with Crippen LogP contribution in [-0.4, -0.2) is 73.7 Å². The standard InChI is InChI=1S/C25H31N5O2/c31-24(29-14-9-25(32,10-15-29)18-28-11-4-5-12-28)21-16-22-23(26-17-21)30(19-27-22)13-8-20-6-2-1-3-7-20/h1-3,6-7,16-17,19,32H,4-5,8-15,18H2. The second-order valence-corrected chi connectivity index (χ2v) is 9.24. The summed E-state index contributed by atoms with van der Waals surface area (Å²) >= 11 is 0. The molecule has 2 aliphatic heterocycles. The quantitative estimate of drug-likeness (QED) is 0.647. The second kappa shape index (κ2) is 9.00. The number of rotatable bonds is 6. The molecule has 2 aromatic heterocycles. The molecule has 0 bridgehead atoms. The lowest BCUT2D eigenvalue weighted by Crippen LogP contribution is -2.51. The van der Waals surface area contributed by atoms with Gasteiger partial charge in [-0.1, -0.05) is 30.3 Å². The van der Waals surface area contributed by atoms with Crippen molar-refractivity contribution >= 4 is 17.1 Å². The van der Waals surface area contributed by atoms with Crippen LogP contribution in [0.15, 0.2) is 48.9 Å². The number of aryl methyl sites for hydroxylation is 2. The van der Waals surface area contributed by atoms with Crippen molar-refractivity contribution in [1.29, 1.82) is 0 Å². The number of carbonyl (C=O) groups is 1. The Labute approximate surface area is 188 Å². The number of carbonyl (C=O) groups excluding carboxylic acids is 1. The Morgan fingerprint density at radius 2 is 1.78 bits per heavy atom. The van der Waals surface area contributed by atoms with Crippen LogP contribution in [0.5, 0.6) is 0 Å². The molecule has 2 fully saturated rings. The van der Waals surface area contributed by atoms with Crippen LogP contribution in [0.4, 0.5) is 0 Å². The Hall–Kier alpha value is -2.77. The van der Waals surface area contributed by atoms with Crippen molar-refractivity contribution in [3.8, 4) is 0 Å². The van der Waals surface area contributed by atoms with E-state index in [9.17, 15) is 9.90 Å². The van der Waals surface area contributed by atoms with E-state index in [1.165, 1.54) is 18.4 Å².